The Morgan fingerprint density at radius 1 is 1.26 bits per heavy atom. The number of nitrogens with zero attached hydrogens (tertiary/aromatic N) is 1. The van der Waals surface area contributed by atoms with Crippen molar-refractivity contribution in [3.8, 4) is 17.6 Å². The van der Waals surface area contributed by atoms with Crippen LogP contribution in [0.4, 0.5) is 5.69 Å². The van der Waals surface area contributed by atoms with Crippen LogP contribution in [0, 0.1) is 16.5 Å². The van der Waals surface area contributed by atoms with Crippen LogP contribution >= 0.6 is 0 Å². The monoisotopic (exact) mass is 311 g/mol. The smallest absolute Gasteiger partial charge is 0.205 e. The maximum Gasteiger partial charge on any atom is 0.205 e. The molecule has 2 aromatic carbocycles. The Morgan fingerprint density at radius 2 is 2.04 bits per heavy atom. The fourth-order valence-electron chi connectivity index (χ4n) is 2.64. The summed E-state index contributed by atoms with van der Waals surface area (Å²) in [6.07, 6.45) is 0. The van der Waals surface area contributed by atoms with E-state index >= 15 is 0 Å². The molecule has 0 bridgehead atoms. The maximum atomic E-state index is 11.2. The van der Waals surface area contributed by atoms with Crippen LogP contribution in [0.3, 0.4) is 0 Å². The van der Waals surface area contributed by atoms with Crippen LogP contribution < -0.4 is 15.7 Å². The van der Waals surface area contributed by atoms with Crippen LogP contribution in [0.5, 0.6) is 11.5 Å². The number of hydrogen-bond acceptors (Lipinski definition) is 6. The average molecular weight is 311 g/mol. The number of phenolic OH excluding ortho intramolecular Hbond substituents is 1. The summed E-state index contributed by atoms with van der Waals surface area (Å²) >= 11 is 0. The largest absolute Gasteiger partial charge is 0.595 e. The molecule has 3 rings (SSSR count). The quantitative estimate of drug-likeness (QED) is 0.613. The van der Waals surface area contributed by atoms with Crippen molar-refractivity contribution in [3.63, 3.8) is 0 Å². The van der Waals surface area contributed by atoms with Gasteiger partial charge in [0.2, 0.25) is 5.88 Å². The number of nitrogens with one attached hydrogen (secondary N) is 1. The number of ether oxygens (including phenoxy) is 1. The molecule has 0 aromatic heterocycles. The van der Waals surface area contributed by atoms with E-state index in [0.717, 1.165) is 0 Å². The van der Waals surface area contributed by atoms with Crippen LogP contribution in [-0.4, -0.2) is 10.3 Å². The van der Waals surface area contributed by atoms with Crippen LogP contribution in [0.25, 0.3) is 0 Å². The lowest BCUT2D eigenvalue weighted by Gasteiger charge is -2.26. The molecule has 2 atom stereocenters. The van der Waals surface area contributed by atoms with Gasteiger partial charge in [0.1, 0.15) is 23.1 Å². The minimum absolute atomic E-state index is 0.00925. The number of nitrogens with two attached hydrogens (primary N) is 1. The van der Waals surface area contributed by atoms with E-state index in [-0.39, 0.29) is 22.9 Å². The van der Waals surface area contributed by atoms with Crippen molar-refractivity contribution in [1.29, 1.82) is 5.26 Å². The second-order valence-electron chi connectivity index (χ2n) is 5.08. The number of fused-ring (bicyclic) bond motifs is 1. The number of hydrogen-bond donors (Lipinski definition) is 4. The lowest BCUT2D eigenvalue weighted by Crippen LogP contribution is -2.99. The Kier molecular flexibility index (Phi) is 3.64. The molecule has 0 saturated carbocycles. The van der Waals surface area contributed by atoms with Gasteiger partial charge in [-0.3, -0.25) is 0 Å². The van der Waals surface area contributed by atoms with Gasteiger partial charge in [-0.05, 0) is 11.6 Å². The summed E-state index contributed by atoms with van der Waals surface area (Å²) in [4.78, 5) is 0. The van der Waals surface area contributed by atoms with Crippen LogP contribution in [-0.2, 0) is 0 Å². The molecule has 0 radical (unpaired) electrons. The zero-order chi connectivity index (χ0) is 16.6. The molecule has 1 aliphatic rings. The summed E-state index contributed by atoms with van der Waals surface area (Å²) in [5, 5.41) is 38.3. The molecule has 0 aliphatic carbocycles. The van der Waals surface area contributed by atoms with Gasteiger partial charge in [0.05, 0.1) is 5.92 Å². The molecule has 0 spiro atoms. The molecule has 2 aromatic rings. The summed E-state index contributed by atoms with van der Waals surface area (Å²) in [5.41, 5.74) is 7.38. The van der Waals surface area contributed by atoms with Gasteiger partial charge in [-0.2, -0.15) is 10.5 Å². The van der Waals surface area contributed by atoms with Gasteiger partial charge in [-0.1, -0.05) is 18.2 Å². The first-order valence-corrected chi connectivity index (χ1v) is 6.75. The van der Waals surface area contributed by atoms with E-state index in [4.69, 9.17) is 15.7 Å². The van der Waals surface area contributed by atoms with Gasteiger partial charge in [-0.15, -0.1) is 0 Å². The second-order valence-corrected chi connectivity index (χ2v) is 5.08. The number of benzene rings is 2. The van der Waals surface area contributed by atoms with Crippen molar-refractivity contribution >= 4 is 5.69 Å². The van der Waals surface area contributed by atoms with Crippen molar-refractivity contribution in [2.24, 2.45) is 5.73 Å². The molecule has 5 N–H and O–H groups in total. The topological polar surface area (TPSA) is 127 Å². The fourth-order valence-corrected chi connectivity index (χ4v) is 2.64. The number of rotatable bonds is 2. The Balaban J connectivity index is 2.20. The lowest BCUT2D eigenvalue weighted by atomic mass is 9.83. The van der Waals surface area contributed by atoms with Gasteiger partial charge in [0, 0.05) is 23.8 Å². The highest BCUT2D eigenvalue weighted by Crippen LogP contribution is 2.43. The number of allylic oxidation sites excluding steroid dienone is 1. The first-order chi connectivity index (χ1) is 11.0. The van der Waals surface area contributed by atoms with Gasteiger partial charge < -0.3 is 20.8 Å². The molecular weight excluding hydrogens is 298 g/mol. The van der Waals surface area contributed by atoms with Gasteiger partial charge in [-0.25, -0.2) is 5.21 Å². The summed E-state index contributed by atoms with van der Waals surface area (Å²) in [7, 11) is 0. The van der Waals surface area contributed by atoms with E-state index in [0.29, 0.717) is 16.9 Å². The fraction of sp³-hybridized carbons (Fsp3) is 0.0625. The Hall–Kier alpha value is -3.05. The molecule has 7 heteroatoms. The normalized spacial score (nSPS) is 17.9. The zero-order valence-corrected chi connectivity index (χ0v) is 11.9. The predicted molar refractivity (Wildman–Crippen MR) is 79.6 cm³/mol. The molecule has 23 heavy (non-hydrogen) atoms. The molecule has 1 aliphatic heterocycles. The van der Waals surface area contributed by atoms with Gasteiger partial charge >= 0.3 is 0 Å². The summed E-state index contributed by atoms with van der Waals surface area (Å²) in [6.45, 7) is 0. The van der Waals surface area contributed by atoms with Crippen molar-refractivity contribution in [2.45, 2.75) is 5.92 Å². The van der Waals surface area contributed by atoms with Crippen molar-refractivity contribution in [3.05, 3.63) is 70.3 Å². The standard InChI is InChI=1S/C16H13N3O4/c17-8-13-15(9-2-1-3-10(6-9)19(21)22)12-5-4-11(20)7-14(12)23-16(13)18/h1-7,15,19-21H,18H2. The van der Waals surface area contributed by atoms with Gasteiger partial charge in [0.25, 0.3) is 0 Å². The molecule has 0 amide bonds. The average Bonchev–Trinajstić information content (AvgIpc) is 2.53. The number of phenols is 1. The maximum absolute atomic E-state index is 11.2. The molecule has 2 unspecified atom stereocenters. The minimum atomic E-state index is -1.06. The second kappa shape index (κ2) is 5.62. The molecule has 7 nitrogen and oxygen atoms in total. The van der Waals surface area contributed by atoms with Crippen molar-refractivity contribution < 1.29 is 20.3 Å². The molecule has 0 fully saturated rings. The summed E-state index contributed by atoms with van der Waals surface area (Å²) in [6, 6.07) is 12.9. The van der Waals surface area contributed by atoms with Gasteiger partial charge in [0.15, 0.2) is 5.69 Å². The van der Waals surface area contributed by atoms with Crippen molar-refractivity contribution in [1.82, 2.24) is 0 Å². The minimum Gasteiger partial charge on any atom is -0.595 e. The zero-order valence-electron chi connectivity index (χ0n) is 11.9. The Bertz CT molecular complexity index is 839. The summed E-state index contributed by atoms with van der Waals surface area (Å²) < 4.78 is 5.40. The first-order valence-electron chi connectivity index (χ1n) is 6.75. The SMILES string of the molecule is N#CC1=C(N)Oc2cc(O)ccc2C1c1cccc([NH+]([O-])O)c1. The molecule has 1 heterocycles. The van der Waals surface area contributed by atoms with Crippen LogP contribution in [0.2, 0.25) is 0 Å². The third-order valence-corrected chi connectivity index (χ3v) is 3.67. The van der Waals surface area contributed by atoms with Crippen LogP contribution in [0.1, 0.15) is 17.0 Å². The van der Waals surface area contributed by atoms with Crippen molar-refractivity contribution in [2.75, 3.05) is 0 Å². The van der Waals surface area contributed by atoms with E-state index in [1.165, 1.54) is 24.3 Å². The highest BCUT2D eigenvalue weighted by atomic mass is 16.8. The van der Waals surface area contributed by atoms with E-state index in [2.05, 4.69) is 0 Å². The first kappa shape index (κ1) is 14.9. The van der Waals surface area contributed by atoms with E-state index in [1.807, 2.05) is 6.07 Å². The molecular formula is C16H13N3O4. The highest BCUT2D eigenvalue weighted by Gasteiger charge is 2.31. The van der Waals surface area contributed by atoms with E-state index < -0.39 is 11.1 Å². The van der Waals surface area contributed by atoms with E-state index in [9.17, 15) is 15.6 Å². The lowest BCUT2D eigenvalue weighted by molar-refractivity contribution is -0.991. The third-order valence-electron chi connectivity index (χ3n) is 3.67. The predicted octanol–water partition coefficient (Wildman–Crippen LogP) is 1.01. The Morgan fingerprint density at radius 3 is 2.74 bits per heavy atom. The van der Waals surface area contributed by atoms with Crippen LogP contribution in [0.15, 0.2) is 53.9 Å². The van der Waals surface area contributed by atoms with E-state index in [1.54, 1.807) is 18.2 Å². The third kappa shape index (κ3) is 2.58. The Labute approximate surface area is 131 Å². The number of nitriles is 1. The molecule has 0 saturated heterocycles. The number of aromatic hydroxyl groups is 1. The molecule has 116 valence electrons. The number of quaternary nitrogens is 1. The highest BCUT2D eigenvalue weighted by molar-refractivity contribution is 5.58. The summed E-state index contributed by atoms with van der Waals surface area (Å²) in [5.74, 6) is -0.262.